The molecule has 1 saturated heterocycles. The van der Waals surface area contributed by atoms with Crippen LogP contribution in [0, 0.1) is 10.1 Å². The zero-order valence-electron chi connectivity index (χ0n) is 10.8. The van der Waals surface area contributed by atoms with Gasteiger partial charge in [0.15, 0.2) is 0 Å². The Kier molecular flexibility index (Phi) is 4.33. The van der Waals surface area contributed by atoms with Gasteiger partial charge in [-0.2, -0.15) is 13.2 Å². The van der Waals surface area contributed by atoms with E-state index in [-0.39, 0.29) is 32.1 Å². The lowest BCUT2D eigenvalue weighted by Gasteiger charge is -2.37. The number of nitro benzene ring substituents is 1. The van der Waals surface area contributed by atoms with E-state index >= 15 is 0 Å². The van der Waals surface area contributed by atoms with Gasteiger partial charge >= 0.3 is 6.18 Å². The summed E-state index contributed by atoms with van der Waals surface area (Å²) in [5.74, 6) is 0. The van der Waals surface area contributed by atoms with Gasteiger partial charge in [0.25, 0.3) is 5.69 Å². The highest BCUT2D eigenvalue weighted by molar-refractivity contribution is 5.60. The van der Waals surface area contributed by atoms with Crippen molar-refractivity contribution in [2.75, 3.05) is 31.3 Å². The van der Waals surface area contributed by atoms with Gasteiger partial charge in [0.2, 0.25) is 0 Å². The predicted octanol–water partition coefficient (Wildman–Crippen LogP) is 1.81. The van der Waals surface area contributed by atoms with Crippen LogP contribution in [0.25, 0.3) is 0 Å². The SMILES string of the molecule is O=[N+]([O-])c1ccc(N2CCOCC2CO)c(C(F)(F)F)c1. The molecule has 9 heteroatoms. The molecule has 0 radical (unpaired) electrons. The van der Waals surface area contributed by atoms with Gasteiger partial charge in [0, 0.05) is 24.4 Å². The molecule has 2 rings (SSSR count). The standard InChI is InChI=1S/C12H13F3N2O4/c13-12(14,15)10-5-8(17(19)20)1-2-11(10)16-3-4-21-7-9(16)6-18/h1-2,5,9,18H,3-4,6-7H2. The fourth-order valence-electron chi connectivity index (χ4n) is 2.24. The Hall–Kier alpha value is -1.87. The van der Waals surface area contributed by atoms with Gasteiger partial charge in [-0.1, -0.05) is 0 Å². The molecule has 1 atom stereocenters. The average Bonchev–Trinajstić information content (AvgIpc) is 2.45. The number of morpholine rings is 1. The molecule has 0 amide bonds. The summed E-state index contributed by atoms with van der Waals surface area (Å²) in [4.78, 5) is 11.2. The summed E-state index contributed by atoms with van der Waals surface area (Å²) in [5, 5.41) is 19.9. The molecule has 0 saturated carbocycles. The largest absolute Gasteiger partial charge is 0.418 e. The number of aliphatic hydroxyl groups excluding tert-OH is 1. The van der Waals surface area contributed by atoms with E-state index < -0.39 is 28.4 Å². The lowest BCUT2D eigenvalue weighted by molar-refractivity contribution is -0.385. The summed E-state index contributed by atoms with van der Waals surface area (Å²) < 4.78 is 44.5. The Balaban J connectivity index is 2.49. The second-order valence-electron chi connectivity index (χ2n) is 4.56. The van der Waals surface area contributed by atoms with Crippen LogP contribution in [0.15, 0.2) is 18.2 Å². The molecule has 0 aromatic heterocycles. The lowest BCUT2D eigenvalue weighted by atomic mass is 10.1. The summed E-state index contributed by atoms with van der Waals surface area (Å²) in [6.07, 6.45) is -4.72. The molecule has 0 aliphatic carbocycles. The summed E-state index contributed by atoms with van der Waals surface area (Å²) in [6, 6.07) is 1.99. The van der Waals surface area contributed by atoms with Crippen LogP contribution >= 0.6 is 0 Å². The second kappa shape index (κ2) is 5.86. The molecule has 1 unspecified atom stereocenters. The zero-order valence-corrected chi connectivity index (χ0v) is 10.8. The Morgan fingerprint density at radius 1 is 1.48 bits per heavy atom. The van der Waals surface area contributed by atoms with Crippen molar-refractivity contribution < 1.29 is 27.9 Å². The molecular formula is C12H13F3N2O4. The minimum Gasteiger partial charge on any atom is -0.394 e. The number of nitro groups is 1. The van der Waals surface area contributed by atoms with Crippen LogP contribution in [-0.2, 0) is 10.9 Å². The molecule has 1 aliphatic rings. The van der Waals surface area contributed by atoms with E-state index in [0.717, 1.165) is 12.1 Å². The van der Waals surface area contributed by atoms with Crippen LogP contribution in [0.3, 0.4) is 0 Å². The number of anilines is 1. The van der Waals surface area contributed by atoms with Crippen molar-refractivity contribution >= 4 is 11.4 Å². The van der Waals surface area contributed by atoms with Gasteiger partial charge in [-0.15, -0.1) is 0 Å². The maximum Gasteiger partial charge on any atom is 0.418 e. The number of halogens is 3. The van der Waals surface area contributed by atoms with E-state index in [9.17, 15) is 28.4 Å². The van der Waals surface area contributed by atoms with Gasteiger partial charge in [-0.3, -0.25) is 10.1 Å². The van der Waals surface area contributed by atoms with Crippen molar-refractivity contribution in [3.8, 4) is 0 Å². The van der Waals surface area contributed by atoms with Crippen molar-refractivity contribution in [3.05, 3.63) is 33.9 Å². The molecule has 0 spiro atoms. The Morgan fingerprint density at radius 2 is 2.19 bits per heavy atom. The third-order valence-corrected chi connectivity index (χ3v) is 3.24. The highest BCUT2D eigenvalue weighted by Crippen LogP contribution is 2.39. The van der Waals surface area contributed by atoms with Crippen LogP contribution in [0.4, 0.5) is 24.5 Å². The number of alkyl halides is 3. The summed E-state index contributed by atoms with van der Waals surface area (Å²) in [6.45, 7) is 0.135. The van der Waals surface area contributed by atoms with Crippen molar-refractivity contribution in [1.82, 2.24) is 0 Å². The quantitative estimate of drug-likeness (QED) is 0.681. The highest BCUT2D eigenvalue weighted by Gasteiger charge is 2.38. The topological polar surface area (TPSA) is 75.8 Å². The molecule has 1 aliphatic heterocycles. The maximum absolute atomic E-state index is 13.1. The first-order valence-corrected chi connectivity index (χ1v) is 6.15. The van der Waals surface area contributed by atoms with Crippen LogP contribution in [0.1, 0.15) is 5.56 Å². The monoisotopic (exact) mass is 306 g/mol. The number of hydrogen-bond donors (Lipinski definition) is 1. The Bertz CT molecular complexity index is 536. The van der Waals surface area contributed by atoms with E-state index in [1.54, 1.807) is 0 Å². The second-order valence-corrected chi connectivity index (χ2v) is 4.56. The lowest BCUT2D eigenvalue weighted by Crippen LogP contribution is -2.48. The maximum atomic E-state index is 13.1. The van der Waals surface area contributed by atoms with Crippen LogP contribution in [0.5, 0.6) is 0 Å². The molecule has 116 valence electrons. The van der Waals surface area contributed by atoms with Crippen molar-refractivity contribution in [2.45, 2.75) is 12.2 Å². The van der Waals surface area contributed by atoms with Crippen molar-refractivity contribution in [3.63, 3.8) is 0 Å². The summed E-state index contributed by atoms with van der Waals surface area (Å²) >= 11 is 0. The summed E-state index contributed by atoms with van der Waals surface area (Å²) in [5.41, 5.74) is -1.90. The van der Waals surface area contributed by atoms with Gasteiger partial charge in [-0.25, -0.2) is 0 Å². The predicted molar refractivity (Wildman–Crippen MR) is 67.1 cm³/mol. The van der Waals surface area contributed by atoms with Crippen LogP contribution in [-0.4, -0.2) is 42.4 Å². The van der Waals surface area contributed by atoms with E-state index in [1.807, 2.05) is 0 Å². The van der Waals surface area contributed by atoms with Gasteiger partial charge in [0.1, 0.15) is 0 Å². The van der Waals surface area contributed by atoms with E-state index in [1.165, 1.54) is 4.90 Å². The molecule has 21 heavy (non-hydrogen) atoms. The van der Waals surface area contributed by atoms with Gasteiger partial charge in [0.05, 0.1) is 36.3 Å². The fraction of sp³-hybridized carbons (Fsp3) is 0.500. The van der Waals surface area contributed by atoms with Gasteiger partial charge < -0.3 is 14.7 Å². The highest BCUT2D eigenvalue weighted by atomic mass is 19.4. The Morgan fingerprint density at radius 3 is 2.76 bits per heavy atom. The van der Waals surface area contributed by atoms with Crippen molar-refractivity contribution in [1.29, 1.82) is 0 Å². The van der Waals surface area contributed by atoms with E-state index in [0.29, 0.717) is 6.07 Å². The normalized spacial score (nSPS) is 19.6. The average molecular weight is 306 g/mol. The molecule has 6 nitrogen and oxygen atoms in total. The first-order valence-electron chi connectivity index (χ1n) is 6.15. The van der Waals surface area contributed by atoms with Crippen LogP contribution < -0.4 is 4.90 Å². The minimum atomic E-state index is -4.72. The first kappa shape index (κ1) is 15.5. The number of hydrogen-bond acceptors (Lipinski definition) is 5. The molecular weight excluding hydrogens is 293 g/mol. The number of aliphatic hydroxyl groups is 1. The fourth-order valence-corrected chi connectivity index (χ4v) is 2.24. The first-order chi connectivity index (χ1) is 9.84. The van der Waals surface area contributed by atoms with Crippen LogP contribution in [0.2, 0.25) is 0 Å². The molecule has 0 bridgehead atoms. The van der Waals surface area contributed by atoms with Crippen molar-refractivity contribution in [2.24, 2.45) is 0 Å². The number of rotatable bonds is 3. The number of nitrogens with zero attached hydrogens (tertiary/aromatic N) is 2. The zero-order chi connectivity index (χ0) is 15.6. The van der Waals surface area contributed by atoms with E-state index in [2.05, 4.69) is 0 Å². The minimum absolute atomic E-state index is 0.102. The molecule has 1 fully saturated rings. The van der Waals surface area contributed by atoms with Gasteiger partial charge in [-0.05, 0) is 6.07 Å². The van der Waals surface area contributed by atoms with E-state index in [4.69, 9.17) is 4.74 Å². The molecule has 1 aromatic rings. The third-order valence-electron chi connectivity index (χ3n) is 3.24. The smallest absolute Gasteiger partial charge is 0.394 e. The molecule has 1 aromatic carbocycles. The molecule has 1 heterocycles. The number of ether oxygens (including phenoxy) is 1. The number of benzene rings is 1. The number of non-ortho nitro benzene ring substituents is 1. The molecule has 1 N–H and O–H groups in total. The summed E-state index contributed by atoms with van der Waals surface area (Å²) in [7, 11) is 0. The Labute approximate surface area is 117 Å². The third kappa shape index (κ3) is 3.24.